The van der Waals surface area contributed by atoms with Crippen LogP contribution in [0.3, 0.4) is 0 Å². The number of thioether (sulfide) groups is 1. The molecule has 30 heavy (non-hydrogen) atoms. The molecule has 154 valence electrons. The van der Waals surface area contributed by atoms with Gasteiger partial charge in [-0.3, -0.25) is 14.4 Å². The largest absolute Gasteiger partial charge is 0.478 e. The summed E-state index contributed by atoms with van der Waals surface area (Å²) in [7, 11) is 0. The van der Waals surface area contributed by atoms with Crippen molar-refractivity contribution in [2.45, 2.75) is 16.6 Å². The van der Waals surface area contributed by atoms with Gasteiger partial charge >= 0.3 is 5.97 Å². The first-order valence-corrected chi connectivity index (χ1v) is 10.2. The molecule has 0 aliphatic carbocycles. The second-order valence-corrected chi connectivity index (χ2v) is 8.28. The zero-order valence-corrected chi connectivity index (χ0v) is 17.5. The number of carboxylic acid groups (broad SMARTS) is 1. The van der Waals surface area contributed by atoms with Gasteiger partial charge in [-0.15, -0.1) is 11.8 Å². The number of benzene rings is 2. The number of nitrogens with zero attached hydrogens (tertiary/aromatic N) is 1. The predicted octanol–water partition coefficient (Wildman–Crippen LogP) is 4.00. The van der Waals surface area contributed by atoms with Gasteiger partial charge < -0.3 is 10.4 Å². The van der Waals surface area contributed by atoms with Crippen molar-refractivity contribution in [2.24, 2.45) is 0 Å². The third-order valence-corrected chi connectivity index (χ3v) is 5.75. The molecule has 3 amide bonds. The number of rotatable bonds is 6. The number of aliphatic carboxylic acids is 1. The summed E-state index contributed by atoms with van der Waals surface area (Å²) in [5.41, 5.74) is 0.667. The molecule has 2 aromatic carbocycles. The van der Waals surface area contributed by atoms with Crippen LogP contribution in [0, 0.1) is 0 Å². The normalized spacial score (nSPS) is 16.3. The summed E-state index contributed by atoms with van der Waals surface area (Å²) in [5.74, 6) is -2.63. The van der Waals surface area contributed by atoms with Gasteiger partial charge in [0.25, 0.3) is 0 Å². The number of carbonyl (C=O) groups is 4. The average Bonchev–Trinajstić information content (AvgIpc) is 2.95. The maximum Gasteiger partial charge on any atom is 0.328 e. The van der Waals surface area contributed by atoms with Crippen molar-refractivity contribution >= 4 is 70.0 Å². The Morgan fingerprint density at radius 2 is 1.90 bits per heavy atom. The Hall–Kier alpha value is -2.81. The Balaban J connectivity index is 1.73. The highest BCUT2D eigenvalue weighted by molar-refractivity contribution is 8.00. The molecule has 2 aromatic rings. The Morgan fingerprint density at radius 3 is 2.63 bits per heavy atom. The Morgan fingerprint density at radius 1 is 1.13 bits per heavy atom. The summed E-state index contributed by atoms with van der Waals surface area (Å²) in [6.07, 6.45) is 1.62. The number of hydrogen-bond acceptors (Lipinski definition) is 5. The molecule has 0 bridgehead atoms. The fourth-order valence-corrected chi connectivity index (χ4v) is 4.23. The van der Waals surface area contributed by atoms with Crippen LogP contribution in [0.15, 0.2) is 59.5 Å². The minimum Gasteiger partial charge on any atom is -0.478 e. The topological polar surface area (TPSA) is 104 Å². The molecule has 1 unspecified atom stereocenters. The second kappa shape index (κ2) is 9.34. The third kappa shape index (κ3) is 5.21. The van der Waals surface area contributed by atoms with E-state index < -0.39 is 23.0 Å². The summed E-state index contributed by atoms with van der Waals surface area (Å²) in [6, 6.07) is 11.2. The zero-order chi connectivity index (χ0) is 21.8. The van der Waals surface area contributed by atoms with Gasteiger partial charge in [0.1, 0.15) is 0 Å². The van der Waals surface area contributed by atoms with Crippen LogP contribution < -0.4 is 10.2 Å². The van der Waals surface area contributed by atoms with E-state index >= 15 is 0 Å². The maximum atomic E-state index is 12.8. The van der Waals surface area contributed by atoms with Gasteiger partial charge in [0.2, 0.25) is 17.7 Å². The minimum absolute atomic E-state index is 0.00964. The quantitative estimate of drug-likeness (QED) is 0.494. The molecule has 10 heteroatoms. The van der Waals surface area contributed by atoms with E-state index in [2.05, 4.69) is 5.32 Å². The molecule has 1 atom stereocenters. The van der Waals surface area contributed by atoms with E-state index in [1.54, 1.807) is 30.3 Å². The molecule has 2 N–H and O–H groups in total. The molecule has 1 fully saturated rings. The van der Waals surface area contributed by atoms with Gasteiger partial charge in [-0.1, -0.05) is 29.3 Å². The Bertz CT molecular complexity index is 1070. The predicted molar refractivity (Wildman–Crippen MR) is 115 cm³/mol. The van der Waals surface area contributed by atoms with E-state index in [1.807, 2.05) is 0 Å². The molecular weight excluding hydrogens is 451 g/mol. The van der Waals surface area contributed by atoms with Crippen LogP contribution in [-0.4, -0.2) is 34.0 Å². The molecule has 0 saturated carbocycles. The van der Waals surface area contributed by atoms with Crippen molar-refractivity contribution in [3.8, 4) is 0 Å². The van der Waals surface area contributed by atoms with Crippen molar-refractivity contribution in [3.63, 3.8) is 0 Å². The first-order chi connectivity index (χ1) is 14.2. The number of carboxylic acids is 1. The van der Waals surface area contributed by atoms with Gasteiger partial charge in [-0.05, 0) is 36.4 Å². The van der Waals surface area contributed by atoms with Crippen LogP contribution in [0.4, 0.5) is 11.4 Å². The monoisotopic (exact) mass is 464 g/mol. The zero-order valence-electron chi connectivity index (χ0n) is 15.2. The van der Waals surface area contributed by atoms with Crippen molar-refractivity contribution in [2.75, 3.05) is 10.2 Å². The Labute approximate surface area is 185 Å². The maximum absolute atomic E-state index is 12.8. The molecule has 3 rings (SSSR count). The fourth-order valence-electron chi connectivity index (χ4n) is 2.75. The van der Waals surface area contributed by atoms with Gasteiger partial charge in [-0.2, -0.15) is 0 Å². The molecular formula is C20H14Cl2N2O5S. The van der Waals surface area contributed by atoms with E-state index in [9.17, 15) is 19.2 Å². The molecule has 1 saturated heterocycles. The number of halogens is 2. The molecule has 0 spiro atoms. The van der Waals surface area contributed by atoms with Crippen molar-refractivity contribution in [1.29, 1.82) is 0 Å². The number of nitrogens with one attached hydrogen (secondary N) is 1. The SMILES string of the molecule is O=C(O)/C=C/C(=O)Nc1cccc(SC2CC(=O)N(c3cc(Cl)ccc3Cl)C2=O)c1. The summed E-state index contributed by atoms with van der Waals surface area (Å²) in [5, 5.41) is 11.0. The van der Waals surface area contributed by atoms with Crippen LogP contribution in [0.25, 0.3) is 0 Å². The molecule has 7 nitrogen and oxygen atoms in total. The van der Waals surface area contributed by atoms with Gasteiger partial charge in [0, 0.05) is 34.2 Å². The lowest BCUT2D eigenvalue weighted by Gasteiger charge is -2.16. The number of imide groups is 1. The highest BCUT2D eigenvalue weighted by atomic mass is 35.5. The smallest absolute Gasteiger partial charge is 0.328 e. The van der Waals surface area contributed by atoms with Gasteiger partial charge in [-0.25, -0.2) is 9.69 Å². The highest BCUT2D eigenvalue weighted by Gasteiger charge is 2.41. The van der Waals surface area contributed by atoms with Crippen LogP contribution in [0.1, 0.15) is 6.42 Å². The lowest BCUT2D eigenvalue weighted by molar-refractivity contribution is -0.131. The lowest BCUT2D eigenvalue weighted by Crippen LogP contribution is -2.31. The Kier molecular flexibility index (Phi) is 6.81. The summed E-state index contributed by atoms with van der Waals surface area (Å²) < 4.78 is 0. The average molecular weight is 465 g/mol. The van der Waals surface area contributed by atoms with Gasteiger partial charge in [0.15, 0.2) is 0 Å². The van der Waals surface area contributed by atoms with Crippen LogP contribution in [0.2, 0.25) is 10.0 Å². The van der Waals surface area contributed by atoms with Gasteiger partial charge in [0.05, 0.1) is 16.0 Å². The van der Waals surface area contributed by atoms with Crippen molar-refractivity contribution in [1.82, 2.24) is 0 Å². The number of amides is 3. The second-order valence-electron chi connectivity index (χ2n) is 6.16. The lowest BCUT2D eigenvalue weighted by atomic mass is 10.3. The fraction of sp³-hybridized carbons (Fsp3) is 0.100. The van der Waals surface area contributed by atoms with E-state index in [0.717, 1.165) is 17.1 Å². The third-order valence-electron chi connectivity index (χ3n) is 4.01. The highest BCUT2D eigenvalue weighted by Crippen LogP contribution is 2.38. The standard InChI is InChI=1S/C20H14Cl2N2O5S/c21-11-4-5-14(22)15(8-11)24-18(26)10-16(20(24)29)30-13-3-1-2-12(9-13)23-17(25)6-7-19(27)28/h1-9,16H,10H2,(H,23,25)(H,27,28)/b7-6+. The molecule has 0 aromatic heterocycles. The molecule has 1 aliphatic heterocycles. The van der Waals surface area contributed by atoms with E-state index in [-0.39, 0.29) is 23.0 Å². The summed E-state index contributed by atoms with van der Waals surface area (Å²) in [6.45, 7) is 0. The molecule has 0 radical (unpaired) electrons. The van der Waals surface area contributed by atoms with E-state index in [4.69, 9.17) is 28.3 Å². The van der Waals surface area contributed by atoms with Crippen molar-refractivity contribution < 1.29 is 24.3 Å². The summed E-state index contributed by atoms with van der Waals surface area (Å²) >= 11 is 13.3. The van der Waals surface area contributed by atoms with E-state index in [0.29, 0.717) is 15.6 Å². The van der Waals surface area contributed by atoms with E-state index in [1.165, 1.54) is 23.9 Å². The van der Waals surface area contributed by atoms with Crippen molar-refractivity contribution in [3.05, 3.63) is 64.7 Å². The van der Waals surface area contributed by atoms with Crippen LogP contribution in [-0.2, 0) is 19.2 Å². The first kappa shape index (κ1) is 21.9. The number of anilines is 2. The number of hydrogen-bond donors (Lipinski definition) is 2. The van der Waals surface area contributed by atoms with Crippen LogP contribution in [0.5, 0.6) is 0 Å². The summed E-state index contributed by atoms with van der Waals surface area (Å²) in [4.78, 5) is 49.2. The van der Waals surface area contributed by atoms with Crippen LogP contribution >= 0.6 is 35.0 Å². The molecule has 1 heterocycles. The minimum atomic E-state index is -1.23. The molecule has 1 aliphatic rings. The first-order valence-electron chi connectivity index (χ1n) is 8.55. The number of carbonyl (C=O) groups excluding carboxylic acids is 3.